The molecule has 2 aliphatic rings. The Morgan fingerprint density at radius 1 is 1.40 bits per heavy atom. The van der Waals surface area contributed by atoms with Gasteiger partial charge in [0, 0.05) is 16.9 Å². The number of hydrogen-bond acceptors (Lipinski definition) is 10. The van der Waals surface area contributed by atoms with Gasteiger partial charge in [0.05, 0.1) is 24.4 Å². The van der Waals surface area contributed by atoms with Crippen LogP contribution in [0, 0.1) is 5.41 Å². The third-order valence-corrected chi connectivity index (χ3v) is 11.2. The molecule has 0 aromatic carbocycles. The van der Waals surface area contributed by atoms with E-state index in [0.717, 1.165) is 15.9 Å². The predicted octanol–water partition coefficient (Wildman–Crippen LogP) is 3.78. The molecule has 0 aromatic heterocycles. The van der Waals surface area contributed by atoms with E-state index in [1.165, 1.54) is 11.9 Å². The largest absolute Gasteiger partial charge is 0.434 e. The molecule has 2 fully saturated rings. The fourth-order valence-electron chi connectivity index (χ4n) is 1.75. The summed E-state index contributed by atoms with van der Waals surface area (Å²) in [5, 5.41) is 5.90. The number of nitrogens with one attached hydrogen (secondary N) is 2. The molecular weight excluding hydrogens is 421 g/mol. The molecule has 7 nitrogen and oxygen atoms in total. The Bertz CT molecular complexity index is 551. The third-order valence-electron chi connectivity index (χ3n) is 3.28. The summed E-state index contributed by atoms with van der Waals surface area (Å²) < 4.78 is 15.9. The van der Waals surface area contributed by atoms with E-state index in [2.05, 4.69) is 29.0 Å². The van der Waals surface area contributed by atoms with Gasteiger partial charge in [0.15, 0.2) is 4.38 Å². The van der Waals surface area contributed by atoms with Crippen molar-refractivity contribution in [3.63, 3.8) is 0 Å². The van der Waals surface area contributed by atoms with Crippen molar-refractivity contribution in [3.05, 3.63) is 0 Å². The van der Waals surface area contributed by atoms with Gasteiger partial charge >= 0.3 is 6.09 Å². The second-order valence-electron chi connectivity index (χ2n) is 6.77. The molecule has 0 bridgehead atoms. The molecule has 2 N–H and O–H groups in total. The fraction of sp³-hybridized carbons (Fsp3) is 0.846. The molecule has 2 aliphatic heterocycles. The van der Waals surface area contributed by atoms with Crippen LogP contribution in [0.2, 0.25) is 0 Å². The molecule has 2 heterocycles. The fourth-order valence-corrected chi connectivity index (χ4v) is 7.44. The molecule has 25 heavy (non-hydrogen) atoms. The number of amides is 1. The van der Waals surface area contributed by atoms with E-state index >= 15 is 0 Å². The van der Waals surface area contributed by atoms with Crippen LogP contribution in [-0.4, -0.2) is 46.3 Å². The SMILES string of the molecule is CC1(C)COP(=S)(C(C)(C)NSCNC(=O)ON=C2SCCS2)OC1. The summed E-state index contributed by atoms with van der Waals surface area (Å²) in [4.78, 5) is 16.4. The maximum atomic E-state index is 11.6. The Hall–Kier alpha value is 0.520. The normalized spacial score (nSPS) is 22.5. The van der Waals surface area contributed by atoms with Crippen molar-refractivity contribution >= 4 is 64.2 Å². The van der Waals surface area contributed by atoms with Crippen LogP contribution in [0.25, 0.3) is 0 Å². The molecule has 0 radical (unpaired) electrons. The molecule has 0 unspecified atom stereocenters. The highest BCUT2D eigenvalue weighted by molar-refractivity contribution is 8.41. The summed E-state index contributed by atoms with van der Waals surface area (Å²) in [6.07, 6.45) is -0.581. The van der Waals surface area contributed by atoms with Gasteiger partial charge in [-0.2, -0.15) is 0 Å². The van der Waals surface area contributed by atoms with Crippen LogP contribution in [-0.2, 0) is 25.7 Å². The van der Waals surface area contributed by atoms with Crippen LogP contribution in [0.3, 0.4) is 0 Å². The topological polar surface area (TPSA) is 81.2 Å². The average Bonchev–Trinajstić information content (AvgIpc) is 3.06. The van der Waals surface area contributed by atoms with Gasteiger partial charge in [-0.25, -0.2) is 9.52 Å². The zero-order valence-electron chi connectivity index (χ0n) is 14.7. The molecule has 12 heteroatoms. The minimum atomic E-state index is -2.46. The van der Waals surface area contributed by atoms with Crippen LogP contribution in [0.1, 0.15) is 27.7 Å². The Morgan fingerprint density at radius 2 is 2.00 bits per heavy atom. The first-order valence-corrected chi connectivity index (χ1v) is 13.3. The molecule has 2 rings (SSSR count). The van der Waals surface area contributed by atoms with Crippen LogP contribution in [0.5, 0.6) is 0 Å². The zero-order chi connectivity index (χ0) is 18.6. The summed E-state index contributed by atoms with van der Waals surface area (Å²) in [7, 11) is 0. The molecule has 1 amide bonds. The smallest absolute Gasteiger partial charge is 0.327 e. The molecule has 0 spiro atoms. The molecule has 0 atom stereocenters. The van der Waals surface area contributed by atoms with Crippen LogP contribution in [0.4, 0.5) is 4.79 Å². The monoisotopic (exact) mass is 445 g/mol. The average molecular weight is 446 g/mol. The van der Waals surface area contributed by atoms with Crippen molar-refractivity contribution < 1.29 is 18.7 Å². The molecular formula is C13H24N3O4PS4. The maximum absolute atomic E-state index is 11.6. The summed E-state index contributed by atoms with van der Waals surface area (Å²) in [5.74, 6) is 2.31. The van der Waals surface area contributed by atoms with Crippen molar-refractivity contribution in [1.29, 1.82) is 0 Å². The summed E-state index contributed by atoms with van der Waals surface area (Å²) >= 11 is 10.1. The van der Waals surface area contributed by atoms with E-state index in [9.17, 15) is 4.79 Å². The van der Waals surface area contributed by atoms with Gasteiger partial charge in [-0.05, 0) is 25.7 Å². The van der Waals surface area contributed by atoms with Gasteiger partial charge in [-0.1, -0.05) is 54.5 Å². The minimum absolute atomic E-state index is 0.0196. The van der Waals surface area contributed by atoms with Gasteiger partial charge in [-0.3, -0.25) is 4.84 Å². The summed E-state index contributed by atoms with van der Waals surface area (Å²) in [5.41, 5.74) is -0.0196. The van der Waals surface area contributed by atoms with Crippen molar-refractivity contribution in [3.8, 4) is 0 Å². The summed E-state index contributed by atoms with van der Waals surface area (Å²) in [6, 6.07) is 0. The van der Waals surface area contributed by atoms with Crippen molar-refractivity contribution in [2.45, 2.75) is 33.0 Å². The highest BCUT2D eigenvalue weighted by Gasteiger charge is 2.44. The first kappa shape index (κ1) is 21.8. The van der Waals surface area contributed by atoms with Crippen LogP contribution >= 0.6 is 42.0 Å². The molecule has 0 saturated carbocycles. The van der Waals surface area contributed by atoms with Gasteiger partial charge in [0.1, 0.15) is 0 Å². The second-order valence-corrected chi connectivity index (χ2v) is 14.0. The van der Waals surface area contributed by atoms with E-state index < -0.39 is 17.9 Å². The first-order valence-electron chi connectivity index (χ1n) is 7.70. The van der Waals surface area contributed by atoms with Crippen LogP contribution < -0.4 is 10.0 Å². The van der Waals surface area contributed by atoms with Crippen molar-refractivity contribution in [1.82, 2.24) is 10.0 Å². The quantitative estimate of drug-likeness (QED) is 0.158. The Morgan fingerprint density at radius 3 is 2.60 bits per heavy atom. The number of oxime groups is 1. The van der Waals surface area contributed by atoms with E-state index in [-0.39, 0.29) is 5.41 Å². The Balaban J connectivity index is 1.70. The van der Waals surface area contributed by atoms with E-state index in [4.69, 9.17) is 25.7 Å². The maximum Gasteiger partial charge on any atom is 0.434 e. The first-order chi connectivity index (χ1) is 11.6. The van der Waals surface area contributed by atoms with E-state index in [0.29, 0.717) is 19.1 Å². The number of rotatable bonds is 6. The zero-order valence-corrected chi connectivity index (χ0v) is 18.9. The second kappa shape index (κ2) is 9.14. The number of nitrogens with zero attached hydrogens (tertiary/aromatic N) is 1. The minimum Gasteiger partial charge on any atom is -0.327 e. The van der Waals surface area contributed by atoms with E-state index in [1.54, 1.807) is 23.5 Å². The number of carbonyl (C=O) groups excluding carboxylic acids is 1. The van der Waals surface area contributed by atoms with Gasteiger partial charge in [-0.15, -0.1) is 0 Å². The Labute approximate surface area is 166 Å². The van der Waals surface area contributed by atoms with Crippen molar-refractivity contribution in [2.75, 3.05) is 30.6 Å². The highest BCUT2D eigenvalue weighted by atomic mass is 32.5. The lowest BCUT2D eigenvalue weighted by Gasteiger charge is -2.44. The lowest BCUT2D eigenvalue weighted by Crippen LogP contribution is -2.41. The predicted molar refractivity (Wildman–Crippen MR) is 112 cm³/mol. The van der Waals surface area contributed by atoms with Crippen LogP contribution in [0.15, 0.2) is 5.16 Å². The standard InChI is InChI=1S/C13H24N3O4PS4/c1-12(2)7-18-21(22,19-8-12)13(3,4)16-25-9-14-10(17)20-15-11-23-5-6-24-11/h16H,5-9H2,1-4H3,(H,14,17). The third kappa shape index (κ3) is 6.57. The highest BCUT2D eigenvalue weighted by Crippen LogP contribution is 2.62. The summed E-state index contributed by atoms with van der Waals surface area (Å²) in [6.45, 7) is 6.80. The molecule has 0 aromatic rings. The van der Waals surface area contributed by atoms with Gasteiger partial charge in [0.25, 0.3) is 0 Å². The molecule has 2 saturated heterocycles. The molecule has 0 aliphatic carbocycles. The van der Waals surface area contributed by atoms with Gasteiger partial charge < -0.3 is 14.4 Å². The Kier molecular flexibility index (Phi) is 7.98. The number of thioether (sulfide) groups is 2. The van der Waals surface area contributed by atoms with Gasteiger partial charge in [0.2, 0.25) is 6.49 Å². The van der Waals surface area contributed by atoms with E-state index in [1.807, 2.05) is 13.8 Å². The molecule has 144 valence electrons. The lowest BCUT2D eigenvalue weighted by atomic mass is 9.97. The number of carbonyl (C=O) groups is 1. The van der Waals surface area contributed by atoms with Crippen molar-refractivity contribution in [2.24, 2.45) is 10.6 Å². The number of hydrogen-bond donors (Lipinski definition) is 2. The lowest BCUT2D eigenvalue weighted by molar-refractivity contribution is 0.0532.